The lowest BCUT2D eigenvalue weighted by Crippen LogP contribution is -2.16. The van der Waals surface area contributed by atoms with Crippen LogP contribution in [-0.2, 0) is 4.74 Å². The number of carbonyl (C=O) groups excluding carboxylic acids is 1. The summed E-state index contributed by atoms with van der Waals surface area (Å²) in [6, 6.07) is 8.87. The van der Waals surface area contributed by atoms with Crippen molar-refractivity contribution in [3.05, 3.63) is 63.2 Å². The van der Waals surface area contributed by atoms with E-state index >= 15 is 0 Å². The van der Waals surface area contributed by atoms with Gasteiger partial charge in [-0.3, -0.25) is 0 Å². The third-order valence-electron chi connectivity index (χ3n) is 4.77. The molecule has 0 fully saturated rings. The van der Waals surface area contributed by atoms with Gasteiger partial charge < -0.3 is 9.47 Å². The molecule has 0 unspecified atom stereocenters. The molecule has 0 aliphatic rings. The van der Waals surface area contributed by atoms with Crippen LogP contribution in [-0.4, -0.2) is 19.2 Å². The summed E-state index contributed by atoms with van der Waals surface area (Å²) < 4.78 is 10.9. The molecule has 0 saturated carbocycles. The largest absolute Gasteiger partial charge is 0.490 e. The second kappa shape index (κ2) is 7.85. The summed E-state index contributed by atoms with van der Waals surface area (Å²) in [4.78, 5) is 12.5. The van der Waals surface area contributed by atoms with E-state index in [0.717, 1.165) is 22.3 Å². The standard InChI is InChI=1S/C21H23NO3/c1-13-14(2)16(4)20(17(5)15(13)3)21(23)25-11-10-24-19-8-6-18(12-22)7-9-19/h6-9H,10-11H2,1-5H3. The molecule has 0 aromatic heterocycles. The first-order valence-electron chi connectivity index (χ1n) is 8.23. The van der Waals surface area contributed by atoms with Crippen LogP contribution >= 0.6 is 0 Å². The van der Waals surface area contributed by atoms with E-state index in [9.17, 15) is 4.79 Å². The molecule has 0 radical (unpaired) electrons. The molecule has 2 aromatic carbocycles. The Morgan fingerprint density at radius 3 is 1.92 bits per heavy atom. The quantitative estimate of drug-likeness (QED) is 0.601. The number of nitriles is 1. The summed E-state index contributed by atoms with van der Waals surface area (Å²) in [7, 11) is 0. The Morgan fingerprint density at radius 2 is 1.40 bits per heavy atom. The van der Waals surface area contributed by atoms with Crippen molar-refractivity contribution in [2.75, 3.05) is 13.2 Å². The molecule has 4 heteroatoms. The van der Waals surface area contributed by atoms with Crippen LogP contribution < -0.4 is 4.74 Å². The maximum absolute atomic E-state index is 12.5. The molecule has 4 nitrogen and oxygen atoms in total. The molecule has 0 amide bonds. The highest BCUT2D eigenvalue weighted by molar-refractivity contribution is 5.93. The summed E-state index contributed by atoms with van der Waals surface area (Å²) in [5.41, 5.74) is 6.65. The van der Waals surface area contributed by atoms with Gasteiger partial charge in [-0.1, -0.05) is 0 Å². The van der Waals surface area contributed by atoms with Gasteiger partial charge in [-0.2, -0.15) is 5.26 Å². The third kappa shape index (κ3) is 4.00. The molecule has 2 rings (SSSR count). The fourth-order valence-electron chi connectivity index (χ4n) is 2.80. The number of ether oxygens (including phenoxy) is 2. The van der Waals surface area contributed by atoms with Gasteiger partial charge in [-0.25, -0.2) is 4.79 Å². The molecule has 0 heterocycles. The van der Waals surface area contributed by atoms with Crippen LogP contribution in [0.1, 0.15) is 43.7 Å². The summed E-state index contributed by atoms with van der Waals surface area (Å²) in [5, 5.41) is 8.76. The summed E-state index contributed by atoms with van der Waals surface area (Å²) in [6.45, 7) is 10.5. The Bertz CT molecular complexity index is 801. The zero-order valence-corrected chi connectivity index (χ0v) is 15.4. The minimum Gasteiger partial charge on any atom is -0.490 e. The summed E-state index contributed by atoms with van der Waals surface area (Å²) in [6.07, 6.45) is 0. The van der Waals surface area contributed by atoms with Gasteiger partial charge in [-0.05, 0) is 86.7 Å². The van der Waals surface area contributed by atoms with E-state index in [0.29, 0.717) is 16.9 Å². The van der Waals surface area contributed by atoms with E-state index < -0.39 is 0 Å². The lowest BCUT2D eigenvalue weighted by molar-refractivity contribution is 0.0448. The minimum absolute atomic E-state index is 0.170. The van der Waals surface area contributed by atoms with Gasteiger partial charge in [0.05, 0.1) is 17.2 Å². The fraction of sp³-hybridized carbons (Fsp3) is 0.333. The van der Waals surface area contributed by atoms with Gasteiger partial charge in [0.1, 0.15) is 19.0 Å². The minimum atomic E-state index is -0.315. The second-order valence-corrected chi connectivity index (χ2v) is 6.12. The van der Waals surface area contributed by atoms with Gasteiger partial charge in [0, 0.05) is 0 Å². The predicted octanol–water partition coefficient (Wildman–Crippen LogP) is 4.34. The Balaban J connectivity index is 1.98. The van der Waals surface area contributed by atoms with Crippen LogP contribution in [0.2, 0.25) is 0 Å². The molecule has 0 aliphatic carbocycles. The SMILES string of the molecule is Cc1c(C)c(C)c(C(=O)OCCOc2ccc(C#N)cc2)c(C)c1C. The Morgan fingerprint density at radius 1 is 0.880 bits per heavy atom. The topological polar surface area (TPSA) is 59.3 Å². The number of esters is 1. The number of rotatable bonds is 5. The van der Waals surface area contributed by atoms with Gasteiger partial charge in [0.2, 0.25) is 0 Å². The van der Waals surface area contributed by atoms with Gasteiger partial charge >= 0.3 is 5.97 Å². The molecule has 0 aliphatic heterocycles. The van der Waals surface area contributed by atoms with E-state index in [1.807, 2.05) is 27.7 Å². The average molecular weight is 337 g/mol. The molecule has 2 aromatic rings. The lowest BCUT2D eigenvalue weighted by Gasteiger charge is -2.17. The van der Waals surface area contributed by atoms with Crippen molar-refractivity contribution in [1.82, 2.24) is 0 Å². The maximum Gasteiger partial charge on any atom is 0.338 e. The zero-order chi connectivity index (χ0) is 18.6. The molecule has 0 atom stereocenters. The highest BCUT2D eigenvalue weighted by Gasteiger charge is 2.19. The molecule has 0 N–H and O–H groups in total. The van der Waals surface area contributed by atoms with Crippen LogP contribution in [0.25, 0.3) is 0 Å². The van der Waals surface area contributed by atoms with Gasteiger partial charge in [-0.15, -0.1) is 0 Å². The molecular formula is C21H23NO3. The number of benzene rings is 2. The van der Waals surface area contributed by atoms with Crippen LogP contribution in [0.5, 0.6) is 5.75 Å². The first-order valence-corrected chi connectivity index (χ1v) is 8.23. The molecule has 0 bridgehead atoms. The first-order chi connectivity index (χ1) is 11.9. The van der Waals surface area contributed by atoms with Crippen molar-refractivity contribution >= 4 is 5.97 Å². The Kier molecular flexibility index (Phi) is 5.82. The van der Waals surface area contributed by atoms with Gasteiger partial charge in [0.15, 0.2) is 0 Å². The van der Waals surface area contributed by atoms with Crippen molar-refractivity contribution in [3.8, 4) is 11.8 Å². The van der Waals surface area contributed by atoms with Crippen molar-refractivity contribution < 1.29 is 14.3 Å². The van der Waals surface area contributed by atoms with E-state index in [4.69, 9.17) is 14.7 Å². The summed E-state index contributed by atoms with van der Waals surface area (Å²) >= 11 is 0. The lowest BCUT2D eigenvalue weighted by atomic mass is 9.90. The normalized spacial score (nSPS) is 10.2. The first kappa shape index (κ1) is 18.5. The number of nitrogens with zero attached hydrogens (tertiary/aromatic N) is 1. The van der Waals surface area contributed by atoms with Gasteiger partial charge in [0.25, 0.3) is 0 Å². The Hall–Kier alpha value is -2.80. The molecular weight excluding hydrogens is 314 g/mol. The van der Waals surface area contributed by atoms with E-state index in [2.05, 4.69) is 13.0 Å². The molecule has 0 spiro atoms. The second-order valence-electron chi connectivity index (χ2n) is 6.12. The summed E-state index contributed by atoms with van der Waals surface area (Å²) in [5.74, 6) is 0.328. The monoisotopic (exact) mass is 337 g/mol. The van der Waals surface area contributed by atoms with E-state index in [1.54, 1.807) is 24.3 Å². The maximum atomic E-state index is 12.5. The van der Waals surface area contributed by atoms with Crippen molar-refractivity contribution in [3.63, 3.8) is 0 Å². The number of carbonyl (C=O) groups is 1. The number of hydrogen-bond acceptors (Lipinski definition) is 4. The smallest absolute Gasteiger partial charge is 0.338 e. The molecule has 25 heavy (non-hydrogen) atoms. The Labute approximate surface area is 149 Å². The van der Waals surface area contributed by atoms with Crippen molar-refractivity contribution in [1.29, 1.82) is 5.26 Å². The van der Waals surface area contributed by atoms with E-state index in [1.165, 1.54) is 5.56 Å². The molecule has 0 saturated heterocycles. The fourth-order valence-corrected chi connectivity index (χ4v) is 2.80. The van der Waals surface area contributed by atoms with E-state index in [-0.39, 0.29) is 19.2 Å². The van der Waals surface area contributed by atoms with Crippen LogP contribution in [0.3, 0.4) is 0 Å². The van der Waals surface area contributed by atoms with Crippen LogP contribution in [0, 0.1) is 45.9 Å². The third-order valence-corrected chi connectivity index (χ3v) is 4.77. The van der Waals surface area contributed by atoms with Crippen LogP contribution in [0.15, 0.2) is 24.3 Å². The molecule has 130 valence electrons. The highest BCUT2D eigenvalue weighted by atomic mass is 16.6. The number of hydrogen-bond donors (Lipinski definition) is 0. The van der Waals surface area contributed by atoms with Crippen LogP contribution in [0.4, 0.5) is 0 Å². The zero-order valence-electron chi connectivity index (χ0n) is 15.4. The highest BCUT2D eigenvalue weighted by Crippen LogP contribution is 2.26. The average Bonchev–Trinajstić information content (AvgIpc) is 2.62. The predicted molar refractivity (Wildman–Crippen MR) is 97.1 cm³/mol. The van der Waals surface area contributed by atoms with Crippen molar-refractivity contribution in [2.45, 2.75) is 34.6 Å². The van der Waals surface area contributed by atoms with Crippen molar-refractivity contribution in [2.24, 2.45) is 0 Å².